The topological polar surface area (TPSA) is 69.4 Å². The van der Waals surface area contributed by atoms with E-state index in [0.29, 0.717) is 16.5 Å². The number of benzene rings is 2. The third-order valence-corrected chi connectivity index (χ3v) is 5.14. The van der Waals surface area contributed by atoms with Gasteiger partial charge in [0, 0.05) is 11.8 Å². The van der Waals surface area contributed by atoms with Crippen molar-refractivity contribution >= 4 is 38.7 Å². The van der Waals surface area contributed by atoms with Crippen LogP contribution in [0.2, 0.25) is 10.0 Å². The van der Waals surface area contributed by atoms with Crippen LogP contribution >= 0.6 is 23.2 Å². The first-order chi connectivity index (χ1) is 9.88. The Labute approximate surface area is 133 Å². The van der Waals surface area contributed by atoms with Crippen molar-refractivity contribution < 1.29 is 13.2 Å². The second kappa shape index (κ2) is 6.56. The SMILES string of the molecule is Nc1cccc(OCCS(=O)(=O)c2ccc(Cl)c(Cl)c2)c1. The van der Waals surface area contributed by atoms with Crippen molar-refractivity contribution in [1.29, 1.82) is 0 Å². The van der Waals surface area contributed by atoms with Crippen molar-refractivity contribution in [3.8, 4) is 5.75 Å². The maximum Gasteiger partial charge on any atom is 0.181 e. The average Bonchev–Trinajstić information content (AvgIpc) is 2.41. The van der Waals surface area contributed by atoms with Gasteiger partial charge in [-0.3, -0.25) is 0 Å². The second-order valence-electron chi connectivity index (χ2n) is 4.32. The summed E-state index contributed by atoms with van der Waals surface area (Å²) in [5, 5.41) is 0.515. The minimum Gasteiger partial charge on any atom is -0.492 e. The Morgan fingerprint density at radius 3 is 2.48 bits per heavy atom. The molecule has 0 heterocycles. The van der Waals surface area contributed by atoms with E-state index in [9.17, 15) is 8.42 Å². The van der Waals surface area contributed by atoms with Gasteiger partial charge in [-0.25, -0.2) is 8.42 Å². The quantitative estimate of drug-likeness (QED) is 0.842. The number of hydrogen-bond acceptors (Lipinski definition) is 4. The Balaban J connectivity index is 2.03. The van der Waals surface area contributed by atoms with Gasteiger partial charge in [0.15, 0.2) is 9.84 Å². The molecule has 2 aromatic carbocycles. The molecule has 0 radical (unpaired) electrons. The summed E-state index contributed by atoms with van der Waals surface area (Å²) >= 11 is 11.6. The van der Waals surface area contributed by atoms with Crippen molar-refractivity contribution in [1.82, 2.24) is 0 Å². The van der Waals surface area contributed by atoms with Crippen LogP contribution in [0.15, 0.2) is 47.4 Å². The van der Waals surface area contributed by atoms with E-state index < -0.39 is 9.84 Å². The third kappa shape index (κ3) is 4.27. The molecule has 0 saturated heterocycles. The summed E-state index contributed by atoms with van der Waals surface area (Å²) in [5.74, 6) is 0.360. The lowest BCUT2D eigenvalue weighted by atomic mass is 10.3. The molecule has 21 heavy (non-hydrogen) atoms. The van der Waals surface area contributed by atoms with Gasteiger partial charge in [-0.15, -0.1) is 0 Å². The molecule has 0 aliphatic heterocycles. The highest BCUT2D eigenvalue weighted by Gasteiger charge is 2.16. The minimum absolute atomic E-state index is 0.0199. The summed E-state index contributed by atoms with van der Waals surface area (Å²) in [6.45, 7) is 0.0199. The van der Waals surface area contributed by atoms with E-state index in [1.54, 1.807) is 24.3 Å². The highest BCUT2D eigenvalue weighted by atomic mass is 35.5. The zero-order chi connectivity index (χ0) is 15.5. The molecule has 0 aliphatic rings. The molecule has 2 aromatic rings. The molecular weight excluding hydrogens is 333 g/mol. The number of sulfone groups is 1. The number of rotatable bonds is 5. The first-order valence-corrected chi connectivity index (χ1v) is 8.45. The fraction of sp³-hybridized carbons (Fsp3) is 0.143. The van der Waals surface area contributed by atoms with Gasteiger partial charge in [-0.05, 0) is 30.3 Å². The summed E-state index contributed by atoms with van der Waals surface area (Å²) in [7, 11) is -3.48. The van der Waals surface area contributed by atoms with E-state index in [2.05, 4.69) is 0 Å². The first kappa shape index (κ1) is 15.9. The van der Waals surface area contributed by atoms with E-state index in [0.717, 1.165) is 0 Å². The van der Waals surface area contributed by atoms with Gasteiger partial charge in [-0.1, -0.05) is 29.3 Å². The highest BCUT2D eigenvalue weighted by Crippen LogP contribution is 2.25. The normalized spacial score (nSPS) is 11.3. The average molecular weight is 346 g/mol. The molecule has 7 heteroatoms. The largest absolute Gasteiger partial charge is 0.492 e. The van der Waals surface area contributed by atoms with Crippen molar-refractivity contribution in [3.63, 3.8) is 0 Å². The molecule has 0 saturated carbocycles. The number of halogens is 2. The van der Waals surface area contributed by atoms with Crippen molar-refractivity contribution in [2.45, 2.75) is 4.90 Å². The Morgan fingerprint density at radius 2 is 1.81 bits per heavy atom. The van der Waals surface area contributed by atoms with Crippen molar-refractivity contribution in [3.05, 3.63) is 52.5 Å². The van der Waals surface area contributed by atoms with Crippen LogP contribution in [0.1, 0.15) is 0 Å². The lowest BCUT2D eigenvalue weighted by Gasteiger charge is -2.08. The molecule has 0 fully saturated rings. The Kier molecular flexibility index (Phi) is 4.98. The lowest BCUT2D eigenvalue weighted by Crippen LogP contribution is -2.14. The van der Waals surface area contributed by atoms with Crippen LogP contribution in [0.5, 0.6) is 5.75 Å². The third-order valence-electron chi connectivity index (χ3n) is 2.73. The van der Waals surface area contributed by atoms with Crippen LogP contribution in [-0.2, 0) is 9.84 Å². The van der Waals surface area contributed by atoms with E-state index in [-0.39, 0.29) is 22.3 Å². The summed E-state index contributed by atoms with van der Waals surface area (Å²) in [6, 6.07) is 11.0. The van der Waals surface area contributed by atoms with E-state index in [1.165, 1.54) is 18.2 Å². The van der Waals surface area contributed by atoms with Crippen molar-refractivity contribution in [2.75, 3.05) is 18.1 Å². The molecule has 0 unspecified atom stereocenters. The molecular formula is C14H13Cl2NO3S. The van der Waals surface area contributed by atoms with E-state index >= 15 is 0 Å². The standard InChI is InChI=1S/C14H13Cl2NO3S/c15-13-5-4-12(9-14(13)16)21(18,19)7-6-20-11-3-1-2-10(17)8-11/h1-5,8-9H,6-7,17H2. The summed E-state index contributed by atoms with van der Waals surface area (Å²) in [4.78, 5) is 0.119. The van der Waals surface area contributed by atoms with Gasteiger partial charge >= 0.3 is 0 Å². The Bertz CT molecular complexity index is 748. The fourth-order valence-electron chi connectivity index (χ4n) is 1.66. The number of nitrogens with two attached hydrogens (primary N) is 1. The monoisotopic (exact) mass is 345 g/mol. The van der Waals surface area contributed by atoms with Crippen LogP contribution in [-0.4, -0.2) is 20.8 Å². The second-order valence-corrected chi connectivity index (χ2v) is 7.24. The fourth-order valence-corrected chi connectivity index (χ4v) is 3.14. The van der Waals surface area contributed by atoms with Crippen molar-refractivity contribution in [2.24, 2.45) is 0 Å². The molecule has 4 nitrogen and oxygen atoms in total. The number of ether oxygens (including phenoxy) is 1. The van der Waals surface area contributed by atoms with E-state index in [1.807, 2.05) is 0 Å². The summed E-state index contributed by atoms with van der Waals surface area (Å²) in [5.41, 5.74) is 6.17. The predicted octanol–water partition coefficient (Wildman–Crippen LogP) is 3.43. The Morgan fingerprint density at radius 1 is 1.05 bits per heavy atom. The van der Waals surface area contributed by atoms with Gasteiger partial charge in [0.05, 0.1) is 20.7 Å². The molecule has 112 valence electrons. The van der Waals surface area contributed by atoms with Crippen LogP contribution in [0.3, 0.4) is 0 Å². The lowest BCUT2D eigenvalue weighted by molar-refractivity contribution is 0.341. The molecule has 0 aliphatic carbocycles. The van der Waals surface area contributed by atoms with Gasteiger partial charge in [-0.2, -0.15) is 0 Å². The van der Waals surface area contributed by atoms with Crippen LogP contribution in [0, 0.1) is 0 Å². The smallest absolute Gasteiger partial charge is 0.181 e. The number of hydrogen-bond donors (Lipinski definition) is 1. The molecule has 0 bridgehead atoms. The van der Waals surface area contributed by atoms with Crippen LogP contribution < -0.4 is 10.5 Å². The zero-order valence-corrected chi connectivity index (χ0v) is 13.3. The Hall–Kier alpha value is -1.43. The summed E-state index contributed by atoms with van der Waals surface area (Å²) < 4.78 is 29.7. The van der Waals surface area contributed by atoms with Crippen LogP contribution in [0.4, 0.5) is 5.69 Å². The van der Waals surface area contributed by atoms with Gasteiger partial charge < -0.3 is 10.5 Å². The first-order valence-electron chi connectivity index (χ1n) is 6.04. The molecule has 2 rings (SSSR count). The van der Waals surface area contributed by atoms with E-state index in [4.69, 9.17) is 33.7 Å². The molecule has 2 N–H and O–H groups in total. The minimum atomic E-state index is -3.48. The number of nitrogen functional groups attached to an aromatic ring is 1. The van der Waals surface area contributed by atoms with Gasteiger partial charge in [0.25, 0.3) is 0 Å². The van der Waals surface area contributed by atoms with Crippen LogP contribution in [0.25, 0.3) is 0 Å². The molecule has 0 atom stereocenters. The van der Waals surface area contributed by atoms with Gasteiger partial charge in [0.2, 0.25) is 0 Å². The maximum atomic E-state index is 12.1. The molecule has 0 spiro atoms. The molecule has 0 amide bonds. The summed E-state index contributed by atoms with van der Waals surface area (Å²) in [6.07, 6.45) is 0. The molecule has 0 aromatic heterocycles. The predicted molar refractivity (Wildman–Crippen MR) is 84.9 cm³/mol. The highest BCUT2D eigenvalue weighted by molar-refractivity contribution is 7.91. The maximum absolute atomic E-state index is 12.1. The van der Waals surface area contributed by atoms with Gasteiger partial charge in [0.1, 0.15) is 12.4 Å². The number of anilines is 1. The zero-order valence-electron chi connectivity index (χ0n) is 10.9.